The number of fused-ring (bicyclic) bond motifs is 1. The van der Waals surface area contributed by atoms with Gasteiger partial charge in [0.2, 0.25) is 0 Å². The molecule has 0 fully saturated rings. The van der Waals surface area contributed by atoms with E-state index in [0.29, 0.717) is 40.3 Å². The van der Waals surface area contributed by atoms with E-state index in [4.69, 9.17) is 14.7 Å². The third-order valence-electron chi connectivity index (χ3n) is 4.92. The van der Waals surface area contributed by atoms with E-state index in [1.54, 1.807) is 37.6 Å². The van der Waals surface area contributed by atoms with Gasteiger partial charge in [0, 0.05) is 18.8 Å². The molecule has 1 aromatic heterocycles. The van der Waals surface area contributed by atoms with Crippen molar-refractivity contribution in [1.29, 1.82) is 5.26 Å². The zero-order valence-corrected chi connectivity index (χ0v) is 16.3. The molecule has 0 radical (unpaired) electrons. The number of ether oxygens (including phenoxy) is 2. The number of rotatable bonds is 7. The third-order valence-corrected chi connectivity index (χ3v) is 4.92. The third kappa shape index (κ3) is 3.81. The lowest BCUT2D eigenvalue weighted by Crippen LogP contribution is -2.18. The smallest absolute Gasteiger partial charge is 0.251 e. The van der Waals surface area contributed by atoms with Crippen molar-refractivity contribution in [3.05, 3.63) is 58.0 Å². The summed E-state index contributed by atoms with van der Waals surface area (Å²) in [5.74, 6) is 1.06. The molecule has 0 unspecified atom stereocenters. The van der Waals surface area contributed by atoms with Gasteiger partial charge in [0.05, 0.1) is 39.9 Å². The number of hydrogen-bond donors (Lipinski definition) is 2. The van der Waals surface area contributed by atoms with Crippen molar-refractivity contribution in [3.8, 4) is 28.7 Å². The van der Waals surface area contributed by atoms with Gasteiger partial charge in [-0.2, -0.15) is 5.26 Å². The highest BCUT2D eigenvalue weighted by Crippen LogP contribution is 2.40. The zero-order valence-electron chi connectivity index (χ0n) is 16.3. The van der Waals surface area contributed by atoms with E-state index in [-0.39, 0.29) is 25.2 Å². The molecule has 29 heavy (non-hydrogen) atoms. The van der Waals surface area contributed by atoms with Crippen LogP contribution >= 0.6 is 0 Å². The van der Waals surface area contributed by atoms with Crippen LogP contribution in [0.25, 0.3) is 21.9 Å². The van der Waals surface area contributed by atoms with Gasteiger partial charge < -0.3 is 24.3 Å². The van der Waals surface area contributed by atoms with Crippen LogP contribution in [-0.4, -0.2) is 29.0 Å². The average Bonchev–Trinajstić information content (AvgIpc) is 2.75. The highest BCUT2D eigenvalue weighted by Gasteiger charge is 2.18. The molecule has 7 nitrogen and oxygen atoms in total. The lowest BCUT2D eigenvalue weighted by molar-refractivity contribution is 0.260. The Balaban J connectivity index is 2.33. The summed E-state index contributed by atoms with van der Waals surface area (Å²) in [5.41, 5.74) is 2.13. The fourth-order valence-corrected chi connectivity index (χ4v) is 3.50. The van der Waals surface area contributed by atoms with E-state index in [1.165, 1.54) is 17.7 Å². The number of nitrogens with zero attached hydrogens (tertiary/aromatic N) is 2. The number of aryl methyl sites for hydroxylation is 1. The van der Waals surface area contributed by atoms with Gasteiger partial charge in [-0.3, -0.25) is 4.79 Å². The Labute approximate surface area is 168 Å². The Kier molecular flexibility index (Phi) is 6.17. The molecule has 0 atom stereocenters. The second-order valence-electron chi connectivity index (χ2n) is 6.49. The van der Waals surface area contributed by atoms with E-state index in [1.807, 2.05) is 6.07 Å². The largest absolute Gasteiger partial charge is 0.493 e. The summed E-state index contributed by atoms with van der Waals surface area (Å²) in [4.78, 5) is 12.5. The van der Waals surface area contributed by atoms with Crippen LogP contribution in [0.5, 0.6) is 11.5 Å². The number of aliphatic hydroxyl groups excluding tert-OH is 2. The number of pyridine rings is 1. The molecule has 0 spiro atoms. The first-order valence-electron chi connectivity index (χ1n) is 9.08. The maximum Gasteiger partial charge on any atom is 0.251 e. The van der Waals surface area contributed by atoms with E-state index in [0.717, 1.165) is 10.8 Å². The normalized spacial score (nSPS) is 10.7. The molecule has 7 heteroatoms. The Bertz CT molecular complexity index is 1140. The van der Waals surface area contributed by atoms with E-state index in [9.17, 15) is 15.0 Å². The summed E-state index contributed by atoms with van der Waals surface area (Å²) < 4.78 is 12.3. The number of methoxy groups -OCH3 is 2. The van der Waals surface area contributed by atoms with Crippen LogP contribution in [0.15, 0.2) is 41.3 Å². The van der Waals surface area contributed by atoms with E-state index >= 15 is 0 Å². The molecule has 3 rings (SSSR count). The molecular weight excluding hydrogens is 372 g/mol. The van der Waals surface area contributed by atoms with Gasteiger partial charge in [0.1, 0.15) is 0 Å². The molecule has 0 saturated heterocycles. The van der Waals surface area contributed by atoms with Crippen LogP contribution in [0, 0.1) is 11.3 Å². The molecule has 0 amide bonds. The molecule has 0 bridgehead atoms. The zero-order chi connectivity index (χ0) is 21.0. The predicted octanol–water partition coefficient (Wildman–Crippen LogP) is 2.58. The van der Waals surface area contributed by atoms with Crippen LogP contribution in [0.4, 0.5) is 0 Å². The predicted molar refractivity (Wildman–Crippen MR) is 109 cm³/mol. The summed E-state index contributed by atoms with van der Waals surface area (Å²) in [6, 6.07) is 10.7. The van der Waals surface area contributed by atoms with Crippen molar-refractivity contribution in [2.24, 2.45) is 0 Å². The maximum atomic E-state index is 12.5. The van der Waals surface area contributed by atoms with Crippen molar-refractivity contribution in [2.75, 3.05) is 14.2 Å². The standard InChI is InChI=1S/C22H22N2O5/c1-28-19-9-15-8-16(12-25)18(13-26)22(17(15)11-20(19)29-2)14-4-7-24(6-3-5-23)21(27)10-14/h4,7-11,25-26H,3,6,12-13H2,1-2H3. The molecule has 0 aliphatic heterocycles. The SMILES string of the molecule is COc1cc2cc(CO)c(CO)c(-c3ccn(CCC#N)c(=O)c3)c2cc1OC. The van der Waals surface area contributed by atoms with Gasteiger partial charge in [-0.15, -0.1) is 0 Å². The first-order valence-corrected chi connectivity index (χ1v) is 9.08. The van der Waals surface area contributed by atoms with E-state index in [2.05, 4.69) is 0 Å². The summed E-state index contributed by atoms with van der Waals surface area (Å²) in [5, 5.41) is 30.2. The van der Waals surface area contributed by atoms with Crippen LogP contribution in [0.2, 0.25) is 0 Å². The minimum Gasteiger partial charge on any atom is -0.493 e. The number of benzene rings is 2. The average molecular weight is 394 g/mol. The van der Waals surface area contributed by atoms with Crippen molar-refractivity contribution < 1.29 is 19.7 Å². The first kappa shape index (κ1) is 20.4. The van der Waals surface area contributed by atoms with Crippen molar-refractivity contribution in [2.45, 2.75) is 26.2 Å². The van der Waals surface area contributed by atoms with Crippen molar-refractivity contribution in [1.82, 2.24) is 4.57 Å². The van der Waals surface area contributed by atoms with Crippen LogP contribution in [-0.2, 0) is 19.8 Å². The second-order valence-corrected chi connectivity index (χ2v) is 6.49. The van der Waals surface area contributed by atoms with Gasteiger partial charge in [0.15, 0.2) is 11.5 Å². The molecule has 0 aliphatic carbocycles. The Morgan fingerprint density at radius 3 is 2.38 bits per heavy atom. The summed E-state index contributed by atoms with van der Waals surface area (Å²) >= 11 is 0. The molecule has 0 aliphatic rings. The minimum absolute atomic E-state index is 0.237. The molecule has 2 N–H and O–H groups in total. The number of aliphatic hydroxyl groups is 2. The second kappa shape index (κ2) is 8.78. The lowest BCUT2D eigenvalue weighted by Gasteiger charge is -2.18. The molecule has 1 heterocycles. The number of nitriles is 1. The molecule has 3 aromatic rings. The van der Waals surface area contributed by atoms with Gasteiger partial charge in [0.25, 0.3) is 5.56 Å². The Morgan fingerprint density at radius 2 is 1.79 bits per heavy atom. The molecule has 0 saturated carbocycles. The van der Waals surface area contributed by atoms with Gasteiger partial charge in [-0.1, -0.05) is 0 Å². The number of hydrogen-bond acceptors (Lipinski definition) is 6. The summed E-state index contributed by atoms with van der Waals surface area (Å²) in [6.07, 6.45) is 1.87. The molecule has 150 valence electrons. The molecular formula is C22H22N2O5. The molecule has 2 aromatic carbocycles. The topological polar surface area (TPSA) is 105 Å². The lowest BCUT2D eigenvalue weighted by atomic mass is 9.90. The fraction of sp³-hybridized carbons (Fsp3) is 0.273. The van der Waals surface area contributed by atoms with Crippen molar-refractivity contribution in [3.63, 3.8) is 0 Å². The maximum absolute atomic E-state index is 12.5. The highest BCUT2D eigenvalue weighted by atomic mass is 16.5. The van der Waals surface area contributed by atoms with Gasteiger partial charge >= 0.3 is 0 Å². The Hall–Kier alpha value is -3.34. The summed E-state index contributed by atoms with van der Waals surface area (Å²) in [7, 11) is 3.08. The monoisotopic (exact) mass is 394 g/mol. The highest BCUT2D eigenvalue weighted by molar-refractivity contribution is 6.00. The minimum atomic E-state index is -0.299. The van der Waals surface area contributed by atoms with Crippen LogP contribution < -0.4 is 15.0 Å². The van der Waals surface area contributed by atoms with E-state index < -0.39 is 0 Å². The quantitative estimate of drug-likeness (QED) is 0.638. The fourth-order valence-electron chi connectivity index (χ4n) is 3.50. The van der Waals surface area contributed by atoms with Crippen LogP contribution in [0.3, 0.4) is 0 Å². The van der Waals surface area contributed by atoms with Crippen molar-refractivity contribution >= 4 is 10.8 Å². The van der Waals surface area contributed by atoms with Crippen LogP contribution in [0.1, 0.15) is 17.5 Å². The van der Waals surface area contributed by atoms with Gasteiger partial charge in [-0.05, 0) is 57.3 Å². The first-order chi connectivity index (χ1) is 14.1. The Morgan fingerprint density at radius 1 is 1.07 bits per heavy atom. The summed E-state index contributed by atoms with van der Waals surface area (Å²) in [6.45, 7) is -0.246. The number of aromatic nitrogens is 1. The van der Waals surface area contributed by atoms with Gasteiger partial charge in [-0.25, -0.2) is 0 Å².